The summed E-state index contributed by atoms with van der Waals surface area (Å²) < 4.78 is 0. The van der Waals surface area contributed by atoms with Crippen molar-refractivity contribution in [3.05, 3.63) is 0 Å². The van der Waals surface area contributed by atoms with Crippen LogP contribution in [0, 0.1) is 0 Å². The van der Waals surface area contributed by atoms with Gasteiger partial charge in [-0.2, -0.15) is 0 Å². The van der Waals surface area contributed by atoms with Crippen LogP contribution in [0.3, 0.4) is 0 Å². The van der Waals surface area contributed by atoms with Crippen molar-refractivity contribution >= 4 is 12.0 Å². The lowest BCUT2D eigenvalue weighted by Gasteiger charge is -2.20. The molecule has 1 saturated heterocycles. The minimum Gasteiger partial charge on any atom is -0.481 e. The number of carboxylic acids is 1. The van der Waals surface area contributed by atoms with Crippen molar-refractivity contribution in [3.8, 4) is 0 Å². The summed E-state index contributed by atoms with van der Waals surface area (Å²) in [6.07, 6.45) is 0.00736. The molecule has 5 heteroatoms. The number of aliphatic carboxylic acids is 1. The van der Waals surface area contributed by atoms with Gasteiger partial charge >= 0.3 is 12.0 Å². The molecule has 5 nitrogen and oxygen atoms in total. The topological polar surface area (TPSA) is 69.6 Å². The van der Waals surface area contributed by atoms with E-state index in [1.807, 2.05) is 0 Å². The average molecular weight is 172 g/mol. The predicted octanol–water partition coefficient (Wildman–Crippen LogP) is -0.125. The molecular formula is C7H12N2O3. The molecule has 1 atom stereocenters. The van der Waals surface area contributed by atoms with Gasteiger partial charge in [-0.3, -0.25) is 4.79 Å². The van der Waals surface area contributed by atoms with E-state index < -0.39 is 5.97 Å². The molecule has 1 aliphatic rings. The van der Waals surface area contributed by atoms with E-state index in [0.717, 1.165) is 0 Å². The van der Waals surface area contributed by atoms with Crippen molar-refractivity contribution in [2.75, 3.05) is 13.1 Å². The number of carbonyl (C=O) groups is 2. The lowest BCUT2D eigenvalue weighted by molar-refractivity contribution is -0.137. The Hall–Kier alpha value is -1.26. The highest BCUT2D eigenvalue weighted by atomic mass is 16.4. The summed E-state index contributed by atoms with van der Waals surface area (Å²) in [5.41, 5.74) is 0. The monoisotopic (exact) mass is 172 g/mol. The quantitative estimate of drug-likeness (QED) is 0.623. The Morgan fingerprint density at radius 2 is 2.50 bits per heavy atom. The Bertz CT molecular complexity index is 205. The number of hydrogen-bond donors (Lipinski definition) is 2. The van der Waals surface area contributed by atoms with Crippen LogP contribution in [0.25, 0.3) is 0 Å². The Kier molecular flexibility index (Phi) is 2.52. The predicted molar refractivity (Wildman–Crippen MR) is 41.8 cm³/mol. The zero-order valence-corrected chi connectivity index (χ0v) is 6.91. The third-order valence-electron chi connectivity index (χ3n) is 1.89. The molecule has 0 aromatic carbocycles. The second-order valence-electron chi connectivity index (χ2n) is 2.87. The van der Waals surface area contributed by atoms with Gasteiger partial charge in [0.25, 0.3) is 0 Å². The molecule has 0 aliphatic carbocycles. The fraction of sp³-hybridized carbons (Fsp3) is 0.714. The molecule has 1 unspecified atom stereocenters. The first-order valence-corrected chi connectivity index (χ1v) is 3.87. The Morgan fingerprint density at radius 3 is 2.92 bits per heavy atom. The summed E-state index contributed by atoms with van der Waals surface area (Å²) in [4.78, 5) is 22.9. The minimum atomic E-state index is -0.873. The zero-order chi connectivity index (χ0) is 9.14. The highest BCUT2D eigenvalue weighted by molar-refractivity contribution is 5.77. The van der Waals surface area contributed by atoms with Crippen molar-refractivity contribution in [2.45, 2.75) is 19.4 Å². The average Bonchev–Trinajstić information content (AvgIpc) is 2.33. The molecule has 12 heavy (non-hydrogen) atoms. The van der Waals surface area contributed by atoms with E-state index >= 15 is 0 Å². The summed E-state index contributed by atoms with van der Waals surface area (Å²) in [5.74, 6) is -0.873. The normalized spacial score (nSPS) is 19.1. The molecule has 0 saturated carbocycles. The maximum atomic E-state index is 11.0. The Labute approximate surface area is 70.4 Å². The molecule has 0 radical (unpaired) electrons. The third kappa shape index (κ3) is 1.87. The molecule has 0 spiro atoms. The second kappa shape index (κ2) is 3.42. The molecular weight excluding hydrogens is 160 g/mol. The Balaban J connectivity index is 2.45. The van der Waals surface area contributed by atoms with Crippen molar-refractivity contribution < 1.29 is 14.7 Å². The number of carboxylic acid groups (broad SMARTS) is 1. The minimum absolute atomic E-state index is 0.00736. The first-order chi connectivity index (χ1) is 5.61. The summed E-state index contributed by atoms with van der Waals surface area (Å²) in [5, 5.41) is 11.1. The van der Waals surface area contributed by atoms with Crippen LogP contribution >= 0.6 is 0 Å². The van der Waals surface area contributed by atoms with Gasteiger partial charge in [-0.1, -0.05) is 0 Å². The van der Waals surface area contributed by atoms with Gasteiger partial charge in [-0.25, -0.2) is 4.79 Å². The summed E-state index contributed by atoms with van der Waals surface area (Å²) in [7, 11) is 0. The van der Waals surface area contributed by atoms with Crippen LogP contribution in [0.5, 0.6) is 0 Å². The van der Waals surface area contributed by atoms with Crippen LogP contribution in [-0.2, 0) is 4.79 Å². The van der Waals surface area contributed by atoms with Crippen LogP contribution < -0.4 is 5.32 Å². The molecule has 0 aromatic rings. The summed E-state index contributed by atoms with van der Waals surface area (Å²) in [6, 6.07) is -0.381. The van der Waals surface area contributed by atoms with E-state index in [1.54, 1.807) is 6.92 Å². The van der Waals surface area contributed by atoms with Crippen LogP contribution in [0.4, 0.5) is 4.79 Å². The van der Waals surface area contributed by atoms with Gasteiger partial charge < -0.3 is 15.3 Å². The smallest absolute Gasteiger partial charge is 0.317 e. The molecule has 2 N–H and O–H groups in total. The van der Waals surface area contributed by atoms with Gasteiger partial charge in [0, 0.05) is 19.1 Å². The molecule has 1 rings (SSSR count). The van der Waals surface area contributed by atoms with Gasteiger partial charge in [-0.05, 0) is 6.92 Å². The van der Waals surface area contributed by atoms with Gasteiger partial charge in [0.05, 0.1) is 6.42 Å². The Morgan fingerprint density at radius 1 is 1.83 bits per heavy atom. The fourth-order valence-corrected chi connectivity index (χ4v) is 1.27. The van der Waals surface area contributed by atoms with Crippen molar-refractivity contribution in [3.63, 3.8) is 0 Å². The highest BCUT2D eigenvalue weighted by Crippen LogP contribution is 2.06. The number of carbonyl (C=O) groups excluding carboxylic acids is 1. The van der Waals surface area contributed by atoms with Gasteiger partial charge in [0.1, 0.15) is 0 Å². The third-order valence-corrected chi connectivity index (χ3v) is 1.89. The molecule has 1 heterocycles. The number of amides is 2. The van der Waals surface area contributed by atoms with E-state index in [0.29, 0.717) is 13.1 Å². The molecule has 0 bridgehead atoms. The molecule has 1 aliphatic heterocycles. The van der Waals surface area contributed by atoms with Crippen molar-refractivity contribution in [2.24, 2.45) is 0 Å². The fourth-order valence-electron chi connectivity index (χ4n) is 1.27. The van der Waals surface area contributed by atoms with Crippen molar-refractivity contribution in [1.82, 2.24) is 10.2 Å². The van der Waals surface area contributed by atoms with E-state index in [2.05, 4.69) is 5.32 Å². The van der Waals surface area contributed by atoms with E-state index in [-0.39, 0.29) is 18.5 Å². The van der Waals surface area contributed by atoms with Gasteiger partial charge in [-0.15, -0.1) is 0 Å². The summed E-state index contributed by atoms with van der Waals surface area (Å²) in [6.45, 7) is 2.95. The van der Waals surface area contributed by atoms with E-state index in [9.17, 15) is 9.59 Å². The first-order valence-electron chi connectivity index (χ1n) is 3.87. The standard InChI is InChI=1S/C7H12N2O3/c1-5(4-6(10)11)9-3-2-8-7(9)12/h5H,2-4H2,1H3,(H,8,12)(H,10,11). The van der Waals surface area contributed by atoms with E-state index in [4.69, 9.17) is 5.11 Å². The number of nitrogens with zero attached hydrogens (tertiary/aromatic N) is 1. The zero-order valence-electron chi connectivity index (χ0n) is 6.91. The summed E-state index contributed by atoms with van der Waals surface area (Å²) >= 11 is 0. The van der Waals surface area contributed by atoms with Crippen molar-refractivity contribution in [1.29, 1.82) is 0 Å². The molecule has 68 valence electrons. The lowest BCUT2D eigenvalue weighted by Crippen LogP contribution is -2.37. The van der Waals surface area contributed by atoms with Crippen LogP contribution in [0.1, 0.15) is 13.3 Å². The largest absolute Gasteiger partial charge is 0.481 e. The molecule has 1 fully saturated rings. The van der Waals surface area contributed by atoms with Crippen LogP contribution in [0.2, 0.25) is 0 Å². The number of nitrogens with one attached hydrogen (secondary N) is 1. The lowest BCUT2D eigenvalue weighted by atomic mass is 10.2. The molecule has 2 amide bonds. The SMILES string of the molecule is CC(CC(=O)O)N1CCNC1=O. The number of urea groups is 1. The maximum absolute atomic E-state index is 11.0. The van der Waals surface area contributed by atoms with Gasteiger partial charge in [0.15, 0.2) is 0 Å². The first kappa shape index (κ1) is 8.83. The number of rotatable bonds is 3. The van der Waals surface area contributed by atoms with E-state index in [1.165, 1.54) is 4.90 Å². The number of hydrogen-bond acceptors (Lipinski definition) is 2. The maximum Gasteiger partial charge on any atom is 0.317 e. The van der Waals surface area contributed by atoms with Crippen LogP contribution in [-0.4, -0.2) is 41.1 Å². The molecule has 0 aromatic heterocycles. The second-order valence-corrected chi connectivity index (χ2v) is 2.87. The van der Waals surface area contributed by atoms with Crippen LogP contribution in [0.15, 0.2) is 0 Å². The highest BCUT2D eigenvalue weighted by Gasteiger charge is 2.25. The van der Waals surface area contributed by atoms with Gasteiger partial charge in [0.2, 0.25) is 0 Å².